The summed E-state index contributed by atoms with van der Waals surface area (Å²) in [6, 6.07) is 0. The number of thiazole rings is 1. The summed E-state index contributed by atoms with van der Waals surface area (Å²) in [6.45, 7) is 3.89. The number of rotatable bonds is 6. The van der Waals surface area contributed by atoms with E-state index in [1.807, 2.05) is 13.8 Å². The summed E-state index contributed by atoms with van der Waals surface area (Å²) >= 11 is 0.849. The predicted octanol–water partition coefficient (Wildman–Crippen LogP) is 1.14. The summed E-state index contributed by atoms with van der Waals surface area (Å²) < 4.78 is 29.9. The zero-order valence-corrected chi connectivity index (χ0v) is 12.7. The maximum atomic E-state index is 12.4. The van der Waals surface area contributed by atoms with Crippen LogP contribution in [0.25, 0.3) is 0 Å². The first-order valence-electron chi connectivity index (χ1n) is 5.43. The first kappa shape index (κ1) is 16.0. The molecular formula is C10H16N2O5S2. The zero-order valence-electron chi connectivity index (χ0n) is 11.1. The van der Waals surface area contributed by atoms with Crippen LogP contribution in [0.1, 0.15) is 24.3 Å². The van der Waals surface area contributed by atoms with Crippen LogP contribution in [0.4, 0.5) is 0 Å². The Hall–Kier alpha value is -1.03. The molecular weight excluding hydrogens is 292 g/mol. The van der Waals surface area contributed by atoms with E-state index in [2.05, 4.69) is 9.72 Å². The molecule has 0 aliphatic heterocycles. The summed E-state index contributed by atoms with van der Waals surface area (Å²) in [5.74, 6) is -0.718. The molecule has 0 saturated heterocycles. The molecule has 0 fully saturated rings. The van der Waals surface area contributed by atoms with E-state index in [-0.39, 0.29) is 22.4 Å². The molecule has 0 aliphatic carbocycles. The topological polar surface area (TPSA) is 85.8 Å². The van der Waals surface area contributed by atoms with Crippen LogP contribution in [0.2, 0.25) is 0 Å². The highest BCUT2D eigenvalue weighted by atomic mass is 32.2. The number of ether oxygens (including phenoxy) is 1. The molecule has 0 aliphatic rings. The van der Waals surface area contributed by atoms with Crippen molar-refractivity contribution in [2.75, 3.05) is 20.8 Å². The molecule has 0 bridgehead atoms. The Balaban J connectivity index is 3.19. The zero-order chi connectivity index (χ0) is 14.6. The Labute approximate surface area is 116 Å². The van der Waals surface area contributed by atoms with Gasteiger partial charge in [-0.25, -0.2) is 18.2 Å². The molecule has 19 heavy (non-hydrogen) atoms. The molecule has 1 rings (SSSR count). The van der Waals surface area contributed by atoms with Crippen molar-refractivity contribution in [1.29, 1.82) is 0 Å². The van der Waals surface area contributed by atoms with Crippen molar-refractivity contribution in [3.63, 3.8) is 0 Å². The third-order valence-corrected chi connectivity index (χ3v) is 5.17. The largest absolute Gasteiger partial charge is 0.464 e. The fraction of sp³-hybridized carbons (Fsp3) is 0.600. The van der Waals surface area contributed by atoms with E-state index in [4.69, 9.17) is 4.84 Å². The lowest BCUT2D eigenvalue weighted by molar-refractivity contribution is -0.0556. The minimum atomic E-state index is -3.92. The fourth-order valence-corrected chi connectivity index (χ4v) is 3.93. The SMILES string of the molecule is COC(=O)c1ncsc1S(=O)(=O)N(CC(C)C)OC. The van der Waals surface area contributed by atoms with Gasteiger partial charge in [-0.15, -0.1) is 11.3 Å². The summed E-state index contributed by atoms with van der Waals surface area (Å²) in [5, 5.41) is 0. The molecule has 9 heteroatoms. The van der Waals surface area contributed by atoms with Crippen molar-refractivity contribution in [3.05, 3.63) is 11.2 Å². The van der Waals surface area contributed by atoms with Crippen LogP contribution in [0, 0.1) is 5.92 Å². The highest BCUT2D eigenvalue weighted by Gasteiger charge is 2.32. The number of sulfonamides is 1. The quantitative estimate of drug-likeness (QED) is 0.578. The van der Waals surface area contributed by atoms with Crippen molar-refractivity contribution < 1.29 is 22.8 Å². The molecule has 0 unspecified atom stereocenters. The average molecular weight is 308 g/mol. The summed E-state index contributed by atoms with van der Waals surface area (Å²) in [4.78, 5) is 20.1. The lowest BCUT2D eigenvalue weighted by Crippen LogP contribution is -2.33. The van der Waals surface area contributed by atoms with Crippen LogP contribution in [-0.4, -0.2) is 44.6 Å². The molecule has 1 heterocycles. The first-order chi connectivity index (χ1) is 8.84. The van der Waals surface area contributed by atoms with Crippen molar-refractivity contribution in [2.45, 2.75) is 18.1 Å². The Bertz CT molecular complexity index is 538. The van der Waals surface area contributed by atoms with Gasteiger partial charge in [-0.05, 0) is 5.92 Å². The third kappa shape index (κ3) is 3.50. The van der Waals surface area contributed by atoms with Gasteiger partial charge in [0.05, 0.1) is 19.7 Å². The maximum Gasteiger partial charge on any atom is 0.358 e. The van der Waals surface area contributed by atoms with E-state index in [0.29, 0.717) is 0 Å². The molecule has 0 atom stereocenters. The number of nitrogens with zero attached hydrogens (tertiary/aromatic N) is 2. The lowest BCUT2D eigenvalue weighted by Gasteiger charge is -2.20. The smallest absolute Gasteiger partial charge is 0.358 e. The van der Waals surface area contributed by atoms with E-state index < -0.39 is 16.0 Å². The van der Waals surface area contributed by atoms with Gasteiger partial charge in [-0.3, -0.25) is 4.84 Å². The van der Waals surface area contributed by atoms with E-state index >= 15 is 0 Å². The Morgan fingerprint density at radius 3 is 2.58 bits per heavy atom. The van der Waals surface area contributed by atoms with Gasteiger partial charge in [0.15, 0.2) is 9.90 Å². The molecule has 1 aromatic rings. The van der Waals surface area contributed by atoms with Crippen LogP contribution in [0.3, 0.4) is 0 Å². The predicted molar refractivity (Wildman–Crippen MR) is 69.2 cm³/mol. The second kappa shape index (κ2) is 6.42. The van der Waals surface area contributed by atoms with Crippen molar-refractivity contribution in [2.24, 2.45) is 5.92 Å². The molecule has 0 saturated carbocycles. The van der Waals surface area contributed by atoms with Crippen molar-refractivity contribution >= 4 is 27.3 Å². The monoisotopic (exact) mass is 308 g/mol. The number of carbonyl (C=O) groups is 1. The maximum absolute atomic E-state index is 12.4. The molecule has 0 spiro atoms. The Morgan fingerprint density at radius 2 is 2.11 bits per heavy atom. The molecule has 0 N–H and O–H groups in total. The Morgan fingerprint density at radius 1 is 1.47 bits per heavy atom. The average Bonchev–Trinajstić information content (AvgIpc) is 2.84. The molecule has 0 aromatic carbocycles. The molecule has 1 aromatic heterocycles. The van der Waals surface area contributed by atoms with Gasteiger partial charge in [0.25, 0.3) is 10.0 Å². The lowest BCUT2D eigenvalue weighted by atomic mass is 10.2. The fourth-order valence-electron chi connectivity index (χ4n) is 1.31. The van der Waals surface area contributed by atoms with Gasteiger partial charge in [0.1, 0.15) is 0 Å². The Kier molecular flexibility index (Phi) is 5.41. The molecule has 108 valence electrons. The van der Waals surface area contributed by atoms with Crippen LogP contribution in [0.5, 0.6) is 0 Å². The van der Waals surface area contributed by atoms with Crippen molar-refractivity contribution in [3.8, 4) is 0 Å². The second-order valence-corrected chi connectivity index (χ2v) is 6.93. The van der Waals surface area contributed by atoms with Crippen LogP contribution in [-0.2, 0) is 19.6 Å². The van der Waals surface area contributed by atoms with Gasteiger partial charge in [0.2, 0.25) is 0 Å². The normalized spacial score (nSPS) is 12.1. The van der Waals surface area contributed by atoms with Gasteiger partial charge in [-0.2, -0.15) is 0 Å². The number of carbonyl (C=O) groups excluding carboxylic acids is 1. The molecule has 7 nitrogen and oxygen atoms in total. The number of hydroxylamine groups is 1. The van der Waals surface area contributed by atoms with E-state index in [1.54, 1.807) is 0 Å². The summed E-state index contributed by atoms with van der Waals surface area (Å²) in [5.41, 5.74) is 1.06. The first-order valence-corrected chi connectivity index (χ1v) is 7.75. The van der Waals surface area contributed by atoms with Gasteiger partial charge in [0, 0.05) is 6.54 Å². The minimum absolute atomic E-state index is 0.0734. The highest BCUT2D eigenvalue weighted by molar-refractivity contribution is 7.91. The standard InChI is InChI=1S/C10H16N2O5S2/c1-7(2)5-12(17-4)19(14,15)10-8(9(13)16-3)11-6-18-10/h6-7H,5H2,1-4H3. The van der Waals surface area contributed by atoms with Crippen LogP contribution < -0.4 is 0 Å². The van der Waals surface area contributed by atoms with Crippen LogP contribution >= 0.6 is 11.3 Å². The minimum Gasteiger partial charge on any atom is -0.464 e. The van der Waals surface area contributed by atoms with E-state index in [1.165, 1.54) is 19.7 Å². The van der Waals surface area contributed by atoms with Gasteiger partial charge < -0.3 is 4.74 Å². The second-order valence-electron chi connectivity index (χ2n) is 4.05. The van der Waals surface area contributed by atoms with Gasteiger partial charge in [-0.1, -0.05) is 18.3 Å². The third-order valence-electron chi connectivity index (χ3n) is 2.13. The van der Waals surface area contributed by atoms with E-state index in [0.717, 1.165) is 15.8 Å². The summed E-state index contributed by atoms with van der Waals surface area (Å²) in [7, 11) is -1.49. The highest BCUT2D eigenvalue weighted by Crippen LogP contribution is 2.25. The van der Waals surface area contributed by atoms with Gasteiger partial charge >= 0.3 is 5.97 Å². The number of hydrogen-bond acceptors (Lipinski definition) is 7. The number of aromatic nitrogens is 1. The van der Waals surface area contributed by atoms with E-state index in [9.17, 15) is 13.2 Å². The van der Waals surface area contributed by atoms with Crippen molar-refractivity contribution in [1.82, 2.24) is 9.45 Å². The molecule has 0 amide bonds. The molecule has 0 radical (unpaired) electrons. The number of methoxy groups -OCH3 is 1. The van der Waals surface area contributed by atoms with Crippen LogP contribution in [0.15, 0.2) is 9.72 Å². The summed E-state index contributed by atoms with van der Waals surface area (Å²) in [6.07, 6.45) is 0. The number of hydrogen-bond donors (Lipinski definition) is 0. The number of esters is 1.